The molecule has 5 heteroatoms. The van der Waals surface area contributed by atoms with Crippen LogP contribution in [0.4, 0.5) is 0 Å². The van der Waals surface area contributed by atoms with Gasteiger partial charge in [0.2, 0.25) is 0 Å². The first-order chi connectivity index (χ1) is 9.19. The number of hydrogen-bond donors (Lipinski definition) is 0. The van der Waals surface area contributed by atoms with E-state index < -0.39 is 0 Å². The maximum atomic E-state index is 11.4. The van der Waals surface area contributed by atoms with Crippen LogP contribution in [0.25, 0.3) is 0 Å². The second-order valence-corrected chi connectivity index (χ2v) is 5.14. The average molecular weight is 266 g/mol. The summed E-state index contributed by atoms with van der Waals surface area (Å²) in [7, 11) is 3.37. The van der Waals surface area contributed by atoms with Crippen molar-refractivity contribution >= 4 is 5.97 Å². The van der Waals surface area contributed by atoms with Crippen molar-refractivity contribution in [2.75, 3.05) is 13.7 Å². The Morgan fingerprint density at radius 2 is 2.16 bits per heavy atom. The number of esters is 1. The van der Waals surface area contributed by atoms with Gasteiger partial charge < -0.3 is 9.47 Å². The molecule has 0 bridgehead atoms. The Hall–Kier alpha value is -1.36. The number of rotatable bonds is 5. The van der Waals surface area contributed by atoms with Crippen molar-refractivity contribution < 1.29 is 14.3 Å². The largest absolute Gasteiger partial charge is 0.469 e. The molecule has 0 amide bonds. The van der Waals surface area contributed by atoms with E-state index in [1.165, 1.54) is 12.7 Å². The molecule has 0 spiro atoms. The van der Waals surface area contributed by atoms with E-state index in [-0.39, 0.29) is 18.0 Å². The van der Waals surface area contributed by atoms with Crippen LogP contribution in [0.15, 0.2) is 12.4 Å². The zero-order chi connectivity index (χ0) is 13.7. The number of aryl methyl sites for hydroxylation is 1. The molecule has 1 aromatic heterocycles. The summed E-state index contributed by atoms with van der Waals surface area (Å²) in [5.41, 5.74) is 1.20. The minimum Gasteiger partial charge on any atom is -0.469 e. The van der Waals surface area contributed by atoms with Crippen molar-refractivity contribution in [3.8, 4) is 0 Å². The molecule has 0 unspecified atom stereocenters. The average Bonchev–Trinajstić information content (AvgIpc) is 2.84. The van der Waals surface area contributed by atoms with Gasteiger partial charge >= 0.3 is 5.97 Å². The van der Waals surface area contributed by atoms with E-state index in [1.54, 1.807) is 4.68 Å². The molecule has 1 heterocycles. The third-order valence-corrected chi connectivity index (χ3v) is 3.71. The van der Waals surface area contributed by atoms with E-state index in [4.69, 9.17) is 9.47 Å². The van der Waals surface area contributed by atoms with Crippen molar-refractivity contribution in [1.29, 1.82) is 0 Å². The van der Waals surface area contributed by atoms with Gasteiger partial charge in [0.25, 0.3) is 0 Å². The summed E-state index contributed by atoms with van der Waals surface area (Å²) in [5, 5.41) is 4.13. The highest BCUT2D eigenvalue weighted by atomic mass is 16.5. The van der Waals surface area contributed by atoms with Crippen molar-refractivity contribution in [3.63, 3.8) is 0 Å². The van der Waals surface area contributed by atoms with Gasteiger partial charge in [-0.05, 0) is 37.7 Å². The van der Waals surface area contributed by atoms with Gasteiger partial charge in [-0.2, -0.15) is 5.10 Å². The highest BCUT2D eigenvalue weighted by Crippen LogP contribution is 2.27. The zero-order valence-electron chi connectivity index (χ0n) is 11.7. The SMILES string of the molecule is COC(=O)C1CCC(OCCc2cnn(C)c2)CC1. The van der Waals surface area contributed by atoms with Crippen LogP contribution in [0.3, 0.4) is 0 Å². The van der Waals surface area contributed by atoms with E-state index in [1.807, 2.05) is 19.4 Å². The monoisotopic (exact) mass is 266 g/mol. The van der Waals surface area contributed by atoms with Crippen LogP contribution in [0.1, 0.15) is 31.2 Å². The smallest absolute Gasteiger partial charge is 0.308 e. The molecule has 0 N–H and O–H groups in total. The Morgan fingerprint density at radius 1 is 1.42 bits per heavy atom. The van der Waals surface area contributed by atoms with Gasteiger partial charge in [0.05, 0.1) is 31.9 Å². The van der Waals surface area contributed by atoms with Crippen LogP contribution in [0.2, 0.25) is 0 Å². The van der Waals surface area contributed by atoms with E-state index in [0.717, 1.165) is 38.7 Å². The quantitative estimate of drug-likeness (QED) is 0.761. The van der Waals surface area contributed by atoms with Crippen LogP contribution in [0.5, 0.6) is 0 Å². The van der Waals surface area contributed by atoms with Gasteiger partial charge in [0.15, 0.2) is 0 Å². The molecule has 1 aliphatic rings. The predicted molar refractivity (Wildman–Crippen MR) is 70.6 cm³/mol. The number of carbonyl (C=O) groups excluding carboxylic acids is 1. The summed E-state index contributed by atoms with van der Waals surface area (Å²) in [6, 6.07) is 0. The van der Waals surface area contributed by atoms with Gasteiger partial charge in [-0.15, -0.1) is 0 Å². The summed E-state index contributed by atoms with van der Waals surface area (Å²) in [4.78, 5) is 11.4. The van der Waals surface area contributed by atoms with Crippen LogP contribution >= 0.6 is 0 Å². The molecule has 5 nitrogen and oxygen atoms in total. The number of hydrogen-bond acceptors (Lipinski definition) is 4. The molecule has 0 atom stereocenters. The number of nitrogens with zero attached hydrogens (tertiary/aromatic N) is 2. The van der Waals surface area contributed by atoms with Gasteiger partial charge in [0, 0.05) is 13.2 Å². The first-order valence-corrected chi connectivity index (χ1v) is 6.86. The molecule has 2 rings (SSSR count). The second kappa shape index (κ2) is 6.70. The van der Waals surface area contributed by atoms with Gasteiger partial charge in [0.1, 0.15) is 0 Å². The third-order valence-electron chi connectivity index (χ3n) is 3.71. The summed E-state index contributed by atoms with van der Waals surface area (Å²) in [6.45, 7) is 0.721. The van der Waals surface area contributed by atoms with E-state index in [9.17, 15) is 4.79 Å². The maximum absolute atomic E-state index is 11.4. The van der Waals surface area contributed by atoms with Gasteiger partial charge in [-0.25, -0.2) is 0 Å². The Morgan fingerprint density at radius 3 is 2.74 bits per heavy atom. The zero-order valence-corrected chi connectivity index (χ0v) is 11.7. The molecular formula is C14H22N2O3. The van der Waals surface area contributed by atoms with E-state index >= 15 is 0 Å². The van der Waals surface area contributed by atoms with E-state index in [2.05, 4.69) is 5.10 Å². The maximum Gasteiger partial charge on any atom is 0.308 e. The normalized spacial score (nSPS) is 23.3. The Kier molecular flexibility index (Phi) is 4.96. The predicted octanol–water partition coefficient (Wildman–Crippen LogP) is 1.71. The Balaban J connectivity index is 1.64. The number of aromatic nitrogens is 2. The Labute approximate surface area is 113 Å². The lowest BCUT2D eigenvalue weighted by Gasteiger charge is -2.26. The topological polar surface area (TPSA) is 53.4 Å². The summed E-state index contributed by atoms with van der Waals surface area (Å²) < 4.78 is 12.4. The molecule has 0 radical (unpaired) electrons. The van der Waals surface area contributed by atoms with Crippen LogP contribution in [0, 0.1) is 5.92 Å². The fourth-order valence-electron chi connectivity index (χ4n) is 2.58. The summed E-state index contributed by atoms with van der Waals surface area (Å²) in [6.07, 6.45) is 8.73. The lowest BCUT2D eigenvalue weighted by molar-refractivity contribution is -0.147. The molecule has 1 aromatic rings. The lowest BCUT2D eigenvalue weighted by Crippen LogP contribution is -2.27. The van der Waals surface area contributed by atoms with Crippen molar-refractivity contribution in [2.24, 2.45) is 13.0 Å². The molecule has 106 valence electrons. The Bertz CT molecular complexity index is 409. The van der Waals surface area contributed by atoms with Crippen molar-refractivity contribution in [2.45, 2.75) is 38.2 Å². The molecule has 1 fully saturated rings. The number of carbonyl (C=O) groups is 1. The lowest BCUT2D eigenvalue weighted by atomic mass is 9.87. The van der Waals surface area contributed by atoms with Crippen molar-refractivity contribution in [1.82, 2.24) is 9.78 Å². The molecule has 0 saturated heterocycles. The van der Waals surface area contributed by atoms with Gasteiger partial charge in [-0.3, -0.25) is 9.48 Å². The first kappa shape index (κ1) is 14.1. The van der Waals surface area contributed by atoms with Crippen LogP contribution in [-0.4, -0.2) is 35.6 Å². The molecule has 19 heavy (non-hydrogen) atoms. The standard InChI is InChI=1S/C14H22N2O3/c1-16-10-11(9-15-16)7-8-19-13-5-3-12(4-6-13)14(17)18-2/h9-10,12-13H,3-8H2,1-2H3. The first-order valence-electron chi connectivity index (χ1n) is 6.86. The summed E-state index contributed by atoms with van der Waals surface area (Å²) >= 11 is 0. The minimum absolute atomic E-state index is 0.0724. The number of methoxy groups -OCH3 is 1. The minimum atomic E-state index is -0.0752. The van der Waals surface area contributed by atoms with E-state index in [0.29, 0.717) is 0 Å². The fraction of sp³-hybridized carbons (Fsp3) is 0.714. The van der Waals surface area contributed by atoms with Crippen LogP contribution < -0.4 is 0 Å². The molecule has 1 aliphatic carbocycles. The highest BCUT2D eigenvalue weighted by Gasteiger charge is 2.27. The molecule has 0 aromatic carbocycles. The highest BCUT2D eigenvalue weighted by molar-refractivity contribution is 5.72. The molecule has 0 aliphatic heterocycles. The third kappa shape index (κ3) is 4.06. The van der Waals surface area contributed by atoms with Crippen molar-refractivity contribution in [3.05, 3.63) is 18.0 Å². The van der Waals surface area contributed by atoms with Crippen LogP contribution in [-0.2, 0) is 27.7 Å². The molecule has 1 saturated carbocycles. The molecular weight excluding hydrogens is 244 g/mol. The summed E-state index contributed by atoms with van der Waals surface area (Å²) in [5.74, 6) is -0.00279. The van der Waals surface area contributed by atoms with Gasteiger partial charge in [-0.1, -0.05) is 0 Å². The second-order valence-electron chi connectivity index (χ2n) is 5.14. The number of ether oxygens (including phenoxy) is 2. The fourth-order valence-corrected chi connectivity index (χ4v) is 2.58.